The van der Waals surface area contributed by atoms with Gasteiger partial charge in [0.2, 0.25) is 0 Å². The van der Waals surface area contributed by atoms with Gasteiger partial charge in [0.15, 0.2) is 17.1 Å². The van der Waals surface area contributed by atoms with Crippen LogP contribution < -0.4 is 0 Å². The van der Waals surface area contributed by atoms with E-state index >= 15 is 0 Å². The van der Waals surface area contributed by atoms with E-state index in [0.29, 0.717) is 4.68 Å². The summed E-state index contributed by atoms with van der Waals surface area (Å²) >= 11 is 7.08. The first kappa shape index (κ1) is 25.5. The van der Waals surface area contributed by atoms with Crippen LogP contribution in [0.15, 0.2) is 58.6 Å². The number of aromatic nitrogens is 4. The molecule has 0 atom stereocenters. The number of alkyl halides is 3. The summed E-state index contributed by atoms with van der Waals surface area (Å²) in [6.45, 7) is 0. The van der Waals surface area contributed by atoms with Gasteiger partial charge in [0.1, 0.15) is 22.3 Å². The number of hydrogen-bond donors (Lipinski definition) is 0. The van der Waals surface area contributed by atoms with Crippen molar-refractivity contribution < 1.29 is 36.0 Å². The first-order valence-corrected chi connectivity index (χ1v) is 11.8. The molecule has 0 fully saturated rings. The van der Waals surface area contributed by atoms with Crippen molar-refractivity contribution in [2.45, 2.75) is 6.18 Å². The van der Waals surface area contributed by atoms with E-state index in [4.69, 9.17) is 16.1 Å². The SMILES string of the molecule is COC(=O)c1csc(-c2c(-c3c(F)cccc3Cl)noc2-c2cnn(-c3cccc(F)c3)c2C(F)(F)F)n1. The van der Waals surface area contributed by atoms with Crippen LogP contribution in [0.1, 0.15) is 16.2 Å². The molecule has 0 unspecified atom stereocenters. The number of esters is 1. The van der Waals surface area contributed by atoms with Crippen molar-refractivity contribution in [1.29, 1.82) is 0 Å². The van der Waals surface area contributed by atoms with Crippen molar-refractivity contribution in [3.8, 4) is 38.8 Å². The molecule has 0 aliphatic rings. The summed E-state index contributed by atoms with van der Waals surface area (Å²) in [5.74, 6) is -2.87. The van der Waals surface area contributed by atoms with Crippen molar-refractivity contribution in [1.82, 2.24) is 19.9 Å². The van der Waals surface area contributed by atoms with E-state index in [1.54, 1.807) is 0 Å². The monoisotopic (exact) mass is 566 g/mol. The lowest BCUT2D eigenvalue weighted by atomic mass is 10.0. The first-order valence-electron chi connectivity index (χ1n) is 10.5. The molecule has 2 aromatic carbocycles. The Morgan fingerprint density at radius 3 is 2.58 bits per heavy atom. The summed E-state index contributed by atoms with van der Waals surface area (Å²) in [6, 6.07) is 8.21. The minimum Gasteiger partial charge on any atom is -0.464 e. The molecule has 5 aromatic rings. The molecule has 7 nitrogen and oxygen atoms in total. The number of methoxy groups -OCH3 is 1. The van der Waals surface area contributed by atoms with Gasteiger partial charge in [0.05, 0.1) is 40.7 Å². The van der Waals surface area contributed by atoms with Crippen LogP contribution in [-0.4, -0.2) is 33.0 Å². The van der Waals surface area contributed by atoms with Crippen LogP contribution in [0.5, 0.6) is 0 Å². The maximum absolute atomic E-state index is 14.9. The van der Waals surface area contributed by atoms with Crippen molar-refractivity contribution in [3.05, 3.63) is 82.1 Å². The highest BCUT2D eigenvalue weighted by molar-refractivity contribution is 7.13. The molecule has 14 heteroatoms. The van der Waals surface area contributed by atoms with Crippen LogP contribution in [0.25, 0.3) is 38.8 Å². The average molecular weight is 567 g/mol. The zero-order chi connectivity index (χ0) is 27.2. The van der Waals surface area contributed by atoms with E-state index in [0.717, 1.165) is 42.8 Å². The molecule has 3 aromatic heterocycles. The highest BCUT2D eigenvalue weighted by Crippen LogP contribution is 2.47. The molecule has 0 bridgehead atoms. The second-order valence-electron chi connectivity index (χ2n) is 7.66. The molecule has 0 radical (unpaired) electrons. The molecule has 0 saturated carbocycles. The Hall–Kier alpha value is -4.10. The van der Waals surface area contributed by atoms with Crippen molar-refractivity contribution >= 4 is 28.9 Å². The fraction of sp³-hybridized carbons (Fsp3) is 0.0833. The van der Waals surface area contributed by atoms with E-state index in [1.165, 1.54) is 29.6 Å². The Balaban J connectivity index is 1.81. The standard InChI is InChI=1S/C24H12ClF5N4O3S/c1-36-23(35)16-10-38-22(32-16)18-19(17-14(25)6-3-7-15(17)27)33-37-20(18)13-9-31-34(21(13)24(28,29)30)12-5-2-4-11(26)8-12/h2-10H,1H3. The summed E-state index contributed by atoms with van der Waals surface area (Å²) in [5, 5.41) is 8.85. The van der Waals surface area contributed by atoms with E-state index in [1.807, 2.05) is 0 Å². The molecule has 0 amide bonds. The van der Waals surface area contributed by atoms with Gasteiger partial charge in [-0.15, -0.1) is 11.3 Å². The predicted octanol–water partition coefficient (Wildman–Crippen LogP) is 7.05. The number of thiazole rings is 1. The molecule has 0 aliphatic carbocycles. The van der Waals surface area contributed by atoms with Crippen LogP contribution in [0, 0.1) is 11.6 Å². The van der Waals surface area contributed by atoms with E-state index in [9.17, 15) is 26.7 Å². The third-order valence-corrected chi connectivity index (χ3v) is 6.51. The van der Waals surface area contributed by atoms with E-state index in [-0.39, 0.29) is 38.2 Å². The van der Waals surface area contributed by atoms with Crippen molar-refractivity contribution in [2.75, 3.05) is 7.11 Å². The summed E-state index contributed by atoms with van der Waals surface area (Å²) < 4.78 is 82.4. The van der Waals surface area contributed by atoms with Gasteiger partial charge in [-0.05, 0) is 30.3 Å². The van der Waals surface area contributed by atoms with Gasteiger partial charge in [0.25, 0.3) is 0 Å². The molecule has 0 spiro atoms. The van der Waals surface area contributed by atoms with Crippen molar-refractivity contribution in [2.24, 2.45) is 0 Å². The molecular formula is C24H12ClF5N4O3S. The second-order valence-corrected chi connectivity index (χ2v) is 8.92. The Morgan fingerprint density at radius 2 is 1.89 bits per heavy atom. The number of halogens is 6. The minimum absolute atomic E-state index is 0.0254. The van der Waals surface area contributed by atoms with Crippen LogP contribution in [-0.2, 0) is 10.9 Å². The summed E-state index contributed by atoms with van der Waals surface area (Å²) in [4.78, 5) is 16.1. The fourth-order valence-corrected chi connectivity index (χ4v) is 4.83. The van der Waals surface area contributed by atoms with Gasteiger partial charge in [-0.1, -0.05) is 28.9 Å². The lowest BCUT2D eigenvalue weighted by Gasteiger charge is -2.12. The number of carbonyl (C=O) groups is 1. The van der Waals surface area contributed by atoms with Gasteiger partial charge in [-0.25, -0.2) is 23.2 Å². The molecular weight excluding hydrogens is 555 g/mol. The maximum Gasteiger partial charge on any atom is 0.434 e. The van der Waals surface area contributed by atoms with Crippen LogP contribution in [0.3, 0.4) is 0 Å². The van der Waals surface area contributed by atoms with Gasteiger partial charge < -0.3 is 9.26 Å². The average Bonchev–Trinajstić information content (AvgIpc) is 3.60. The lowest BCUT2D eigenvalue weighted by Crippen LogP contribution is -2.14. The molecule has 0 aliphatic heterocycles. The molecule has 0 saturated heterocycles. The third-order valence-electron chi connectivity index (χ3n) is 5.34. The summed E-state index contributed by atoms with van der Waals surface area (Å²) in [5.41, 5.74) is -2.91. The highest BCUT2D eigenvalue weighted by Gasteiger charge is 2.42. The number of carbonyl (C=O) groups excluding carboxylic acids is 1. The Labute approximate surface area is 219 Å². The van der Waals surface area contributed by atoms with Crippen LogP contribution in [0.2, 0.25) is 5.02 Å². The zero-order valence-corrected chi connectivity index (χ0v) is 20.5. The zero-order valence-electron chi connectivity index (χ0n) is 18.9. The third kappa shape index (κ3) is 4.43. The van der Waals surface area contributed by atoms with Gasteiger partial charge >= 0.3 is 12.1 Å². The van der Waals surface area contributed by atoms with Crippen LogP contribution in [0.4, 0.5) is 22.0 Å². The fourth-order valence-electron chi connectivity index (χ4n) is 3.74. The second kappa shape index (κ2) is 9.65. The molecule has 194 valence electrons. The van der Waals surface area contributed by atoms with Crippen LogP contribution >= 0.6 is 22.9 Å². The topological polar surface area (TPSA) is 83.0 Å². The number of ether oxygens (including phenoxy) is 1. The molecule has 3 heterocycles. The van der Waals surface area contributed by atoms with Gasteiger partial charge in [0, 0.05) is 5.38 Å². The van der Waals surface area contributed by atoms with E-state index < -0.39 is 40.8 Å². The van der Waals surface area contributed by atoms with Crippen molar-refractivity contribution in [3.63, 3.8) is 0 Å². The molecule has 5 rings (SSSR count). The van der Waals surface area contributed by atoms with E-state index in [2.05, 4.69) is 20.0 Å². The lowest BCUT2D eigenvalue weighted by molar-refractivity contribution is -0.142. The number of nitrogens with zero attached hydrogens (tertiary/aromatic N) is 4. The molecule has 38 heavy (non-hydrogen) atoms. The maximum atomic E-state index is 14.9. The smallest absolute Gasteiger partial charge is 0.434 e. The first-order chi connectivity index (χ1) is 18.1. The molecule has 0 N–H and O–H groups in total. The number of hydrogen-bond acceptors (Lipinski definition) is 7. The Kier molecular flexibility index (Phi) is 6.49. The normalized spacial score (nSPS) is 11.7. The summed E-state index contributed by atoms with van der Waals surface area (Å²) in [7, 11) is 1.13. The number of rotatable bonds is 5. The quantitative estimate of drug-likeness (QED) is 0.167. The largest absolute Gasteiger partial charge is 0.464 e. The summed E-state index contributed by atoms with van der Waals surface area (Å²) in [6.07, 6.45) is -4.14. The predicted molar refractivity (Wildman–Crippen MR) is 127 cm³/mol. The Morgan fingerprint density at radius 1 is 1.13 bits per heavy atom. The van der Waals surface area contributed by atoms with Gasteiger partial charge in [-0.3, -0.25) is 0 Å². The Bertz CT molecular complexity index is 1660. The number of benzene rings is 2. The highest BCUT2D eigenvalue weighted by atomic mass is 35.5. The minimum atomic E-state index is -5.00. The van der Waals surface area contributed by atoms with Gasteiger partial charge in [-0.2, -0.15) is 18.3 Å².